The molecule has 1 fully saturated rings. The van der Waals surface area contributed by atoms with Gasteiger partial charge >= 0.3 is 0 Å². The van der Waals surface area contributed by atoms with Gasteiger partial charge in [-0.15, -0.1) is 0 Å². The van der Waals surface area contributed by atoms with Gasteiger partial charge in [0.1, 0.15) is 0 Å². The van der Waals surface area contributed by atoms with E-state index >= 15 is 0 Å². The fourth-order valence-electron chi connectivity index (χ4n) is 2.57. The summed E-state index contributed by atoms with van der Waals surface area (Å²) in [5.41, 5.74) is 0.172. The van der Waals surface area contributed by atoms with Crippen LogP contribution in [-0.2, 0) is 11.3 Å². The van der Waals surface area contributed by atoms with Crippen LogP contribution >= 0.6 is 0 Å². The molecule has 1 aliphatic rings. The highest BCUT2D eigenvalue weighted by Crippen LogP contribution is 2.24. The van der Waals surface area contributed by atoms with Crippen LogP contribution in [-0.4, -0.2) is 22.6 Å². The summed E-state index contributed by atoms with van der Waals surface area (Å²) in [6.45, 7) is 5.40. The summed E-state index contributed by atoms with van der Waals surface area (Å²) < 4.78 is 1.58. The first-order chi connectivity index (χ1) is 9.11. The van der Waals surface area contributed by atoms with Gasteiger partial charge in [0.05, 0.1) is 11.2 Å². The average Bonchev–Trinajstić information content (AvgIpc) is 2.91. The van der Waals surface area contributed by atoms with Gasteiger partial charge < -0.3 is 15.2 Å². The van der Waals surface area contributed by atoms with E-state index in [0.717, 1.165) is 25.8 Å². The number of carbonyl (C=O) groups is 1. The Balaban J connectivity index is 2.16. The lowest BCUT2D eigenvalue weighted by atomic mass is 9.93. The van der Waals surface area contributed by atoms with E-state index in [2.05, 4.69) is 10.6 Å². The number of amides is 1. The molecule has 2 heterocycles. The zero-order valence-electron chi connectivity index (χ0n) is 11.5. The number of rotatable bonds is 4. The summed E-state index contributed by atoms with van der Waals surface area (Å²) in [5, 5.41) is 6.22. The van der Waals surface area contributed by atoms with Gasteiger partial charge in [-0.2, -0.15) is 0 Å². The minimum atomic E-state index is -0.451. The molecule has 1 aromatic rings. The Morgan fingerprint density at radius 3 is 2.84 bits per heavy atom. The zero-order chi connectivity index (χ0) is 13.9. The van der Waals surface area contributed by atoms with Crippen molar-refractivity contribution in [2.75, 3.05) is 11.9 Å². The van der Waals surface area contributed by atoms with E-state index in [1.54, 1.807) is 16.8 Å². The number of nitrogens with one attached hydrogen (secondary N) is 2. The number of hydrogen-bond acceptors (Lipinski definition) is 3. The summed E-state index contributed by atoms with van der Waals surface area (Å²) in [6.07, 6.45) is 4.35. The minimum absolute atomic E-state index is 0.00574. The number of anilines is 1. The molecule has 0 aromatic carbocycles. The summed E-state index contributed by atoms with van der Waals surface area (Å²) in [4.78, 5) is 23.9. The van der Waals surface area contributed by atoms with Gasteiger partial charge in [0, 0.05) is 18.8 Å². The van der Waals surface area contributed by atoms with Crippen LogP contribution in [0.15, 0.2) is 23.1 Å². The third-order valence-corrected chi connectivity index (χ3v) is 3.86. The van der Waals surface area contributed by atoms with E-state index in [9.17, 15) is 9.59 Å². The Labute approximate surface area is 113 Å². The Bertz CT molecular complexity index is 516. The quantitative estimate of drug-likeness (QED) is 0.861. The number of hydrogen-bond donors (Lipinski definition) is 2. The molecule has 2 N–H and O–H groups in total. The van der Waals surface area contributed by atoms with Gasteiger partial charge in [0.2, 0.25) is 5.91 Å². The van der Waals surface area contributed by atoms with Crippen molar-refractivity contribution in [1.29, 1.82) is 0 Å². The van der Waals surface area contributed by atoms with Crippen LogP contribution < -0.4 is 16.2 Å². The summed E-state index contributed by atoms with van der Waals surface area (Å²) in [5.74, 6) is -0.00574. The molecule has 1 saturated heterocycles. The second-order valence-electron chi connectivity index (χ2n) is 4.96. The van der Waals surface area contributed by atoms with Crippen molar-refractivity contribution >= 4 is 11.6 Å². The second kappa shape index (κ2) is 5.57. The van der Waals surface area contributed by atoms with E-state index in [-0.39, 0.29) is 11.5 Å². The molecule has 1 unspecified atom stereocenters. The molecule has 2 rings (SSSR count). The maximum Gasteiger partial charge on any atom is 0.250 e. The van der Waals surface area contributed by atoms with Crippen LogP contribution in [0, 0.1) is 0 Å². The number of nitrogens with zero attached hydrogens (tertiary/aromatic N) is 1. The molecular weight excluding hydrogens is 242 g/mol. The van der Waals surface area contributed by atoms with Gasteiger partial charge in [0.25, 0.3) is 5.56 Å². The lowest BCUT2D eigenvalue weighted by Gasteiger charge is -2.26. The van der Waals surface area contributed by atoms with E-state index in [1.807, 2.05) is 13.8 Å². The molecule has 5 nitrogen and oxygen atoms in total. The van der Waals surface area contributed by atoms with Gasteiger partial charge in [-0.1, -0.05) is 6.92 Å². The average molecular weight is 263 g/mol. The Morgan fingerprint density at radius 2 is 2.26 bits per heavy atom. The van der Waals surface area contributed by atoms with Gasteiger partial charge in [-0.25, -0.2) is 0 Å². The van der Waals surface area contributed by atoms with Crippen LogP contribution in [0.2, 0.25) is 0 Å². The normalized spacial score (nSPS) is 22.4. The Kier molecular flexibility index (Phi) is 4.04. The molecule has 104 valence electrons. The minimum Gasteiger partial charge on any atom is -0.323 e. The standard InChI is InChI=1S/C14H21N3O2/c1-3-14(8-5-9-15-14)13(19)16-11-6-7-12(18)17(4-2)10-11/h6-7,10,15H,3-5,8-9H2,1-2H3,(H,16,19). The van der Waals surface area contributed by atoms with Crippen LogP contribution in [0.25, 0.3) is 0 Å². The van der Waals surface area contributed by atoms with Crippen LogP contribution in [0.4, 0.5) is 5.69 Å². The molecule has 1 atom stereocenters. The summed E-state index contributed by atoms with van der Waals surface area (Å²) in [7, 11) is 0. The monoisotopic (exact) mass is 263 g/mol. The molecule has 1 aliphatic heterocycles. The molecule has 0 spiro atoms. The summed E-state index contributed by atoms with van der Waals surface area (Å²) in [6, 6.07) is 3.14. The predicted octanol–water partition coefficient (Wildman–Crippen LogP) is 1.34. The lowest BCUT2D eigenvalue weighted by molar-refractivity contribution is -0.122. The topological polar surface area (TPSA) is 63.1 Å². The van der Waals surface area contributed by atoms with E-state index in [1.165, 1.54) is 6.07 Å². The van der Waals surface area contributed by atoms with E-state index in [0.29, 0.717) is 12.2 Å². The van der Waals surface area contributed by atoms with Crippen molar-refractivity contribution in [3.63, 3.8) is 0 Å². The van der Waals surface area contributed by atoms with Crippen molar-refractivity contribution in [2.45, 2.75) is 45.2 Å². The molecule has 19 heavy (non-hydrogen) atoms. The maximum absolute atomic E-state index is 12.4. The molecule has 1 amide bonds. The number of pyridine rings is 1. The van der Waals surface area contributed by atoms with Gasteiger partial charge in [0.15, 0.2) is 0 Å². The lowest BCUT2D eigenvalue weighted by Crippen LogP contribution is -2.50. The number of carbonyl (C=O) groups excluding carboxylic acids is 1. The largest absolute Gasteiger partial charge is 0.323 e. The highest BCUT2D eigenvalue weighted by atomic mass is 16.2. The van der Waals surface area contributed by atoms with Crippen LogP contribution in [0.1, 0.15) is 33.1 Å². The van der Waals surface area contributed by atoms with E-state index in [4.69, 9.17) is 0 Å². The zero-order valence-corrected chi connectivity index (χ0v) is 11.5. The fourth-order valence-corrected chi connectivity index (χ4v) is 2.57. The van der Waals surface area contributed by atoms with Crippen LogP contribution in [0.3, 0.4) is 0 Å². The molecule has 1 aromatic heterocycles. The first-order valence-electron chi connectivity index (χ1n) is 6.88. The Morgan fingerprint density at radius 1 is 1.47 bits per heavy atom. The van der Waals surface area contributed by atoms with Crippen molar-refractivity contribution in [2.24, 2.45) is 0 Å². The van der Waals surface area contributed by atoms with Crippen LogP contribution in [0.5, 0.6) is 0 Å². The van der Waals surface area contributed by atoms with Crippen molar-refractivity contribution < 1.29 is 4.79 Å². The first-order valence-corrected chi connectivity index (χ1v) is 6.88. The Hall–Kier alpha value is -1.62. The number of aromatic nitrogens is 1. The maximum atomic E-state index is 12.4. The highest BCUT2D eigenvalue weighted by Gasteiger charge is 2.39. The van der Waals surface area contributed by atoms with Gasteiger partial charge in [-0.3, -0.25) is 9.59 Å². The number of aryl methyl sites for hydroxylation is 1. The molecule has 5 heteroatoms. The second-order valence-corrected chi connectivity index (χ2v) is 4.96. The molecule has 0 bridgehead atoms. The molecular formula is C14H21N3O2. The molecule has 0 aliphatic carbocycles. The summed E-state index contributed by atoms with van der Waals surface area (Å²) >= 11 is 0. The van der Waals surface area contributed by atoms with Gasteiger partial charge in [-0.05, 0) is 38.8 Å². The molecule has 0 saturated carbocycles. The fraction of sp³-hybridized carbons (Fsp3) is 0.571. The SMILES string of the molecule is CCn1cc(NC(=O)C2(CC)CCCN2)ccc1=O. The molecule has 0 radical (unpaired) electrons. The third-order valence-electron chi connectivity index (χ3n) is 3.86. The third kappa shape index (κ3) is 2.71. The van der Waals surface area contributed by atoms with Crippen molar-refractivity contribution in [3.05, 3.63) is 28.7 Å². The predicted molar refractivity (Wildman–Crippen MR) is 75.3 cm³/mol. The van der Waals surface area contributed by atoms with Crippen molar-refractivity contribution in [1.82, 2.24) is 9.88 Å². The first kappa shape index (κ1) is 13.8. The van der Waals surface area contributed by atoms with E-state index < -0.39 is 5.54 Å². The van der Waals surface area contributed by atoms with Crippen molar-refractivity contribution in [3.8, 4) is 0 Å². The highest BCUT2D eigenvalue weighted by molar-refractivity contribution is 5.98. The smallest absolute Gasteiger partial charge is 0.250 e.